The first kappa shape index (κ1) is 24.3. The summed E-state index contributed by atoms with van der Waals surface area (Å²) in [5.74, 6) is 7.22. The van der Waals surface area contributed by atoms with Crippen LogP contribution in [0.5, 0.6) is 5.75 Å². The van der Waals surface area contributed by atoms with Gasteiger partial charge in [-0.25, -0.2) is 0 Å². The van der Waals surface area contributed by atoms with Crippen LogP contribution in [-0.2, 0) is 6.42 Å². The van der Waals surface area contributed by atoms with Crippen molar-refractivity contribution in [2.75, 3.05) is 19.6 Å². The minimum atomic E-state index is -0.551. The second-order valence-corrected chi connectivity index (χ2v) is 10.2. The van der Waals surface area contributed by atoms with Crippen LogP contribution in [0.1, 0.15) is 75.8 Å². The Bertz CT molecular complexity index is 863. The van der Waals surface area contributed by atoms with Crippen LogP contribution in [0, 0.1) is 23.7 Å². The summed E-state index contributed by atoms with van der Waals surface area (Å²) in [6, 6.07) is 6.53. The molecule has 4 heteroatoms. The third-order valence-electron chi connectivity index (χ3n) is 7.82. The number of piperidine rings is 1. The van der Waals surface area contributed by atoms with Gasteiger partial charge in [-0.1, -0.05) is 43.7 Å². The van der Waals surface area contributed by atoms with E-state index in [0.29, 0.717) is 12.8 Å². The Morgan fingerprint density at radius 2 is 2.03 bits per heavy atom. The number of hydrogen-bond donors (Lipinski definition) is 2. The molecule has 0 amide bonds. The number of ether oxygens (including phenoxy) is 1. The molecule has 3 aliphatic rings. The minimum Gasteiger partial charge on any atom is -0.489 e. The lowest BCUT2D eigenvalue weighted by atomic mass is 9.86. The van der Waals surface area contributed by atoms with E-state index >= 15 is 0 Å². The van der Waals surface area contributed by atoms with Crippen LogP contribution < -0.4 is 4.74 Å². The molecule has 1 aliphatic carbocycles. The smallest absolute Gasteiger partial charge is 0.126 e. The normalized spacial score (nSPS) is 28.6. The number of rotatable bonds is 9. The molecule has 2 heterocycles. The van der Waals surface area contributed by atoms with Crippen molar-refractivity contribution < 1.29 is 14.9 Å². The summed E-state index contributed by atoms with van der Waals surface area (Å²) in [5, 5.41) is 21.3. The van der Waals surface area contributed by atoms with E-state index in [1.165, 1.54) is 62.9 Å². The average Bonchev–Trinajstić information content (AvgIpc) is 3.34. The summed E-state index contributed by atoms with van der Waals surface area (Å²) in [7, 11) is 0. The molecule has 2 aliphatic heterocycles. The fourth-order valence-corrected chi connectivity index (χ4v) is 5.81. The Kier molecular flexibility index (Phi) is 8.52. The number of hydrogen-bond acceptors (Lipinski definition) is 4. The molecule has 1 aromatic carbocycles. The summed E-state index contributed by atoms with van der Waals surface area (Å²) >= 11 is 0. The van der Waals surface area contributed by atoms with Gasteiger partial charge >= 0.3 is 0 Å². The summed E-state index contributed by atoms with van der Waals surface area (Å²) in [5.41, 5.74) is 2.55. The third-order valence-corrected chi connectivity index (χ3v) is 7.82. The highest BCUT2D eigenvalue weighted by Gasteiger charge is 2.48. The number of aryl methyl sites for hydroxylation is 1. The van der Waals surface area contributed by atoms with Gasteiger partial charge in [0.15, 0.2) is 0 Å². The van der Waals surface area contributed by atoms with Crippen molar-refractivity contribution in [1.29, 1.82) is 0 Å². The van der Waals surface area contributed by atoms with E-state index in [9.17, 15) is 10.2 Å². The van der Waals surface area contributed by atoms with E-state index < -0.39 is 12.2 Å². The first-order chi connectivity index (χ1) is 16.1. The van der Waals surface area contributed by atoms with Gasteiger partial charge in [-0.2, -0.15) is 0 Å². The summed E-state index contributed by atoms with van der Waals surface area (Å²) in [6.07, 6.45) is 11.8. The molecule has 2 N–H and O–H groups in total. The van der Waals surface area contributed by atoms with Crippen LogP contribution in [0.4, 0.5) is 0 Å². The first-order valence-electron chi connectivity index (χ1n) is 13.0. The van der Waals surface area contributed by atoms with E-state index in [0.717, 1.165) is 12.2 Å². The molecule has 1 saturated carbocycles. The molecule has 0 bridgehead atoms. The molecule has 2 fully saturated rings. The van der Waals surface area contributed by atoms with Crippen LogP contribution in [0.3, 0.4) is 0 Å². The van der Waals surface area contributed by atoms with Crippen LogP contribution >= 0.6 is 0 Å². The standard InChI is InChI=1S/C29H41NO3/c1-3-4-11-21(2)25(31)16-15-23-26(32)20-27-28(23)24-14-10-13-22(29(24)33-27)12-6-9-19-30-17-7-5-8-18-30/h10,13-16,21,23,25-28,31-32H,5-9,11-12,17-20H2,1-2H3/b16-15+/t21-,23-,25-,26+,27-,28-/m0/s1. The van der Waals surface area contributed by atoms with Gasteiger partial charge in [0.1, 0.15) is 11.9 Å². The molecule has 6 atom stereocenters. The summed E-state index contributed by atoms with van der Waals surface area (Å²) in [6.45, 7) is 7.59. The lowest BCUT2D eigenvalue weighted by Gasteiger charge is -2.26. The van der Waals surface area contributed by atoms with E-state index in [2.05, 4.69) is 34.9 Å². The molecule has 4 nitrogen and oxygen atoms in total. The lowest BCUT2D eigenvalue weighted by Crippen LogP contribution is -2.30. The molecule has 1 aromatic rings. The van der Waals surface area contributed by atoms with Crippen LogP contribution in [-0.4, -0.2) is 53.1 Å². The van der Waals surface area contributed by atoms with Gasteiger partial charge in [0.2, 0.25) is 0 Å². The van der Waals surface area contributed by atoms with Crippen LogP contribution in [0.25, 0.3) is 0 Å². The van der Waals surface area contributed by atoms with Crippen molar-refractivity contribution in [3.8, 4) is 17.6 Å². The molecule has 0 spiro atoms. The second kappa shape index (κ2) is 11.6. The van der Waals surface area contributed by atoms with Gasteiger partial charge in [-0.3, -0.25) is 0 Å². The summed E-state index contributed by atoms with van der Waals surface area (Å²) in [4.78, 5) is 2.61. The van der Waals surface area contributed by atoms with Crippen molar-refractivity contribution in [3.05, 3.63) is 41.5 Å². The van der Waals surface area contributed by atoms with Crippen molar-refractivity contribution in [3.63, 3.8) is 0 Å². The Labute approximate surface area is 200 Å². The van der Waals surface area contributed by atoms with Crippen LogP contribution in [0.2, 0.25) is 0 Å². The molecule has 0 radical (unpaired) electrons. The minimum absolute atomic E-state index is 0.0234. The Hall–Kier alpha value is -1.80. The molecule has 33 heavy (non-hydrogen) atoms. The maximum atomic E-state index is 10.7. The fourth-order valence-electron chi connectivity index (χ4n) is 5.81. The number of aliphatic hydroxyl groups excluding tert-OH is 2. The van der Waals surface area contributed by atoms with Crippen molar-refractivity contribution in [2.45, 2.75) is 89.4 Å². The van der Waals surface area contributed by atoms with Gasteiger partial charge in [0.25, 0.3) is 0 Å². The maximum absolute atomic E-state index is 10.7. The van der Waals surface area contributed by atoms with E-state index in [1.807, 2.05) is 26.0 Å². The summed E-state index contributed by atoms with van der Waals surface area (Å²) < 4.78 is 6.43. The number of likely N-dealkylation sites (tertiary alicyclic amines) is 1. The van der Waals surface area contributed by atoms with E-state index in [1.54, 1.807) is 0 Å². The van der Waals surface area contributed by atoms with E-state index in [-0.39, 0.29) is 23.9 Å². The zero-order valence-electron chi connectivity index (χ0n) is 20.4. The van der Waals surface area contributed by atoms with Gasteiger partial charge in [0.05, 0.1) is 12.2 Å². The van der Waals surface area contributed by atoms with Crippen LogP contribution in [0.15, 0.2) is 30.4 Å². The molecule has 180 valence electrons. The molecule has 0 aromatic heterocycles. The van der Waals surface area contributed by atoms with Crippen molar-refractivity contribution in [2.24, 2.45) is 11.8 Å². The molecular formula is C29H41NO3. The van der Waals surface area contributed by atoms with Gasteiger partial charge < -0.3 is 19.8 Å². The van der Waals surface area contributed by atoms with Crippen molar-refractivity contribution in [1.82, 2.24) is 4.90 Å². The number of benzene rings is 1. The SMILES string of the molecule is CC#CC[C@H](C)[C@@H](O)/C=C/[C@@H]1[C@H]2c3cccc(CCCCN4CCCCC4)c3O[C@H]2C[C@H]1O. The zero-order chi connectivity index (χ0) is 23.2. The molecule has 1 saturated heterocycles. The Balaban J connectivity index is 1.38. The number of fused-ring (bicyclic) bond motifs is 3. The largest absolute Gasteiger partial charge is 0.489 e. The molecular weight excluding hydrogens is 410 g/mol. The third kappa shape index (κ3) is 5.83. The lowest BCUT2D eigenvalue weighted by molar-refractivity contribution is 0.134. The fraction of sp³-hybridized carbons (Fsp3) is 0.655. The quantitative estimate of drug-likeness (QED) is 0.325. The topological polar surface area (TPSA) is 52.9 Å². The molecule has 0 unspecified atom stereocenters. The number of aliphatic hydroxyl groups is 2. The van der Waals surface area contributed by atoms with Crippen molar-refractivity contribution >= 4 is 0 Å². The maximum Gasteiger partial charge on any atom is 0.126 e. The predicted molar refractivity (Wildman–Crippen MR) is 133 cm³/mol. The Morgan fingerprint density at radius 3 is 2.82 bits per heavy atom. The number of unbranched alkanes of at least 4 members (excludes halogenated alkanes) is 1. The number of nitrogens with zero attached hydrogens (tertiary/aromatic N) is 1. The highest BCUT2D eigenvalue weighted by Crippen LogP contribution is 2.52. The first-order valence-corrected chi connectivity index (χ1v) is 13.0. The monoisotopic (exact) mass is 451 g/mol. The predicted octanol–water partition coefficient (Wildman–Crippen LogP) is 4.69. The van der Waals surface area contributed by atoms with Gasteiger partial charge in [-0.15, -0.1) is 11.8 Å². The highest BCUT2D eigenvalue weighted by molar-refractivity contribution is 5.49. The van der Waals surface area contributed by atoms with Gasteiger partial charge in [0, 0.05) is 30.2 Å². The van der Waals surface area contributed by atoms with E-state index in [4.69, 9.17) is 4.74 Å². The molecule has 4 rings (SSSR count). The second-order valence-electron chi connectivity index (χ2n) is 10.2. The number of para-hydroxylation sites is 1. The zero-order valence-corrected chi connectivity index (χ0v) is 20.4. The van der Waals surface area contributed by atoms with Gasteiger partial charge in [-0.05, 0) is 70.1 Å². The highest BCUT2D eigenvalue weighted by atomic mass is 16.5. The Morgan fingerprint density at radius 1 is 1.21 bits per heavy atom. The average molecular weight is 452 g/mol.